The van der Waals surface area contributed by atoms with E-state index in [1.54, 1.807) is 24.3 Å². The Morgan fingerprint density at radius 3 is 2.52 bits per heavy atom. The highest BCUT2D eigenvalue weighted by Crippen LogP contribution is 2.36. The minimum absolute atomic E-state index is 0.0145. The highest BCUT2D eigenvalue weighted by molar-refractivity contribution is 6.21. The van der Waals surface area contributed by atoms with Gasteiger partial charge in [-0.3, -0.25) is 14.9 Å². The van der Waals surface area contributed by atoms with E-state index in [2.05, 4.69) is 0 Å². The lowest BCUT2D eigenvalue weighted by molar-refractivity contribution is -0.384. The molecule has 0 bridgehead atoms. The first-order chi connectivity index (χ1) is 11.1. The standard InChI is InChI=1S/C19H11NO3/c21-18-10-9-16-15(13-4-1-5-14(11-13)20(22)23)8-7-12-3-2-6-17(18)19(12)16/h1-11H. The summed E-state index contributed by atoms with van der Waals surface area (Å²) in [5.74, 6) is -0.0145. The number of nitrogens with zero attached hydrogens (tertiary/aromatic N) is 1. The van der Waals surface area contributed by atoms with Crippen molar-refractivity contribution < 1.29 is 9.72 Å². The number of non-ortho nitro benzene ring substituents is 1. The quantitative estimate of drug-likeness (QED) is 0.512. The number of rotatable bonds is 2. The van der Waals surface area contributed by atoms with Crippen LogP contribution >= 0.6 is 0 Å². The summed E-state index contributed by atoms with van der Waals surface area (Å²) in [6.07, 6.45) is 3.35. The van der Waals surface area contributed by atoms with Gasteiger partial charge in [0.15, 0.2) is 5.78 Å². The van der Waals surface area contributed by atoms with E-state index in [1.165, 1.54) is 6.07 Å². The van der Waals surface area contributed by atoms with Crippen LogP contribution in [0.4, 0.5) is 5.69 Å². The lowest BCUT2D eigenvalue weighted by atomic mass is 9.87. The van der Waals surface area contributed by atoms with Crippen LogP contribution in [-0.2, 0) is 0 Å². The summed E-state index contributed by atoms with van der Waals surface area (Å²) in [6, 6.07) is 16.1. The zero-order chi connectivity index (χ0) is 16.0. The maximum atomic E-state index is 12.1. The molecule has 4 rings (SSSR count). The molecule has 0 spiro atoms. The second-order valence-corrected chi connectivity index (χ2v) is 5.44. The van der Waals surface area contributed by atoms with Gasteiger partial charge in [-0.2, -0.15) is 0 Å². The van der Waals surface area contributed by atoms with Crippen LogP contribution in [0.1, 0.15) is 15.9 Å². The molecular weight excluding hydrogens is 290 g/mol. The fraction of sp³-hybridized carbons (Fsp3) is 0. The molecule has 0 amide bonds. The molecule has 0 atom stereocenters. The fourth-order valence-electron chi connectivity index (χ4n) is 3.07. The van der Waals surface area contributed by atoms with Gasteiger partial charge in [-0.1, -0.05) is 42.5 Å². The monoisotopic (exact) mass is 301 g/mol. The molecule has 110 valence electrons. The number of carbonyl (C=O) groups excluding carboxylic acids is 1. The van der Waals surface area contributed by atoms with E-state index in [9.17, 15) is 14.9 Å². The first-order valence-electron chi connectivity index (χ1n) is 7.18. The maximum absolute atomic E-state index is 12.1. The summed E-state index contributed by atoms with van der Waals surface area (Å²) in [6.45, 7) is 0. The Labute approximate surface area is 131 Å². The minimum atomic E-state index is -0.402. The molecule has 0 N–H and O–H groups in total. The predicted octanol–water partition coefficient (Wildman–Crippen LogP) is 4.62. The summed E-state index contributed by atoms with van der Waals surface area (Å²) in [4.78, 5) is 22.7. The Morgan fingerprint density at radius 1 is 0.870 bits per heavy atom. The molecule has 0 saturated carbocycles. The van der Waals surface area contributed by atoms with Gasteiger partial charge in [0.25, 0.3) is 5.69 Å². The van der Waals surface area contributed by atoms with Crippen LogP contribution in [-0.4, -0.2) is 10.7 Å². The highest BCUT2D eigenvalue weighted by Gasteiger charge is 2.18. The molecule has 23 heavy (non-hydrogen) atoms. The molecule has 4 heteroatoms. The van der Waals surface area contributed by atoms with E-state index in [4.69, 9.17) is 0 Å². The Hall–Kier alpha value is -3.27. The first kappa shape index (κ1) is 13.4. The van der Waals surface area contributed by atoms with Gasteiger partial charge in [0.2, 0.25) is 0 Å². The van der Waals surface area contributed by atoms with Gasteiger partial charge in [0, 0.05) is 23.1 Å². The summed E-state index contributed by atoms with van der Waals surface area (Å²) in [5.41, 5.74) is 3.31. The molecule has 0 radical (unpaired) electrons. The Balaban J connectivity index is 2.03. The van der Waals surface area contributed by atoms with Crippen molar-refractivity contribution in [3.63, 3.8) is 0 Å². The lowest BCUT2D eigenvalue weighted by Crippen LogP contribution is -2.02. The normalized spacial score (nSPS) is 12.6. The van der Waals surface area contributed by atoms with Crippen molar-refractivity contribution in [2.24, 2.45) is 0 Å². The topological polar surface area (TPSA) is 60.2 Å². The van der Waals surface area contributed by atoms with E-state index in [0.717, 1.165) is 27.5 Å². The average molecular weight is 301 g/mol. The Bertz CT molecular complexity index is 1020. The number of allylic oxidation sites excluding steroid dienone is 1. The Kier molecular flexibility index (Phi) is 2.84. The van der Waals surface area contributed by atoms with Crippen LogP contribution in [0.3, 0.4) is 0 Å². The van der Waals surface area contributed by atoms with E-state index < -0.39 is 4.92 Å². The second kappa shape index (κ2) is 4.88. The number of hydrogen-bond donors (Lipinski definition) is 0. The molecule has 1 aliphatic carbocycles. The molecule has 3 aromatic rings. The lowest BCUT2D eigenvalue weighted by Gasteiger charge is -2.16. The van der Waals surface area contributed by atoms with Gasteiger partial charge >= 0.3 is 0 Å². The van der Waals surface area contributed by atoms with Gasteiger partial charge in [-0.25, -0.2) is 0 Å². The molecule has 0 unspecified atom stereocenters. The van der Waals surface area contributed by atoms with Gasteiger partial charge < -0.3 is 0 Å². The minimum Gasteiger partial charge on any atom is -0.289 e. The summed E-state index contributed by atoms with van der Waals surface area (Å²) in [7, 11) is 0. The predicted molar refractivity (Wildman–Crippen MR) is 89.4 cm³/mol. The Morgan fingerprint density at radius 2 is 1.70 bits per heavy atom. The molecule has 0 fully saturated rings. The van der Waals surface area contributed by atoms with Crippen LogP contribution in [0.5, 0.6) is 0 Å². The molecule has 3 aromatic carbocycles. The smallest absolute Gasteiger partial charge is 0.270 e. The molecule has 0 aliphatic heterocycles. The summed E-state index contributed by atoms with van der Waals surface area (Å²) >= 11 is 0. The van der Waals surface area contributed by atoms with Gasteiger partial charge in [-0.05, 0) is 34.2 Å². The van der Waals surface area contributed by atoms with E-state index in [-0.39, 0.29) is 11.5 Å². The zero-order valence-corrected chi connectivity index (χ0v) is 12.0. The third-order valence-electron chi connectivity index (χ3n) is 4.12. The molecule has 0 saturated heterocycles. The van der Waals surface area contributed by atoms with Gasteiger partial charge in [-0.15, -0.1) is 0 Å². The van der Waals surface area contributed by atoms with Gasteiger partial charge in [0.1, 0.15) is 0 Å². The van der Waals surface area contributed by atoms with Crippen molar-refractivity contribution >= 4 is 28.3 Å². The van der Waals surface area contributed by atoms with Crippen LogP contribution in [0.2, 0.25) is 0 Å². The summed E-state index contributed by atoms with van der Waals surface area (Å²) in [5, 5.41) is 12.9. The van der Waals surface area contributed by atoms with Crippen molar-refractivity contribution in [3.05, 3.63) is 81.9 Å². The van der Waals surface area contributed by atoms with Crippen LogP contribution < -0.4 is 0 Å². The van der Waals surface area contributed by atoms with E-state index in [1.807, 2.05) is 36.4 Å². The molecule has 0 heterocycles. The van der Waals surface area contributed by atoms with Crippen molar-refractivity contribution in [1.82, 2.24) is 0 Å². The van der Waals surface area contributed by atoms with Crippen molar-refractivity contribution in [2.45, 2.75) is 0 Å². The number of carbonyl (C=O) groups is 1. The van der Waals surface area contributed by atoms with E-state index >= 15 is 0 Å². The number of nitro groups is 1. The molecular formula is C19H11NO3. The van der Waals surface area contributed by atoms with Crippen LogP contribution in [0.15, 0.2) is 60.7 Å². The SMILES string of the molecule is O=C1C=Cc2c(-c3cccc([N+](=O)[O-])c3)ccc3cccc1c23. The zero-order valence-electron chi connectivity index (χ0n) is 12.0. The summed E-state index contributed by atoms with van der Waals surface area (Å²) < 4.78 is 0. The van der Waals surface area contributed by atoms with Crippen molar-refractivity contribution in [3.8, 4) is 11.1 Å². The van der Waals surface area contributed by atoms with Crippen molar-refractivity contribution in [2.75, 3.05) is 0 Å². The highest BCUT2D eigenvalue weighted by atomic mass is 16.6. The molecule has 4 nitrogen and oxygen atoms in total. The molecule has 0 aromatic heterocycles. The number of hydrogen-bond acceptors (Lipinski definition) is 3. The molecule has 1 aliphatic rings. The number of benzene rings is 3. The second-order valence-electron chi connectivity index (χ2n) is 5.44. The third kappa shape index (κ3) is 2.04. The maximum Gasteiger partial charge on any atom is 0.270 e. The van der Waals surface area contributed by atoms with Crippen LogP contribution in [0, 0.1) is 10.1 Å². The van der Waals surface area contributed by atoms with Crippen molar-refractivity contribution in [1.29, 1.82) is 0 Å². The van der Waals surface area contributed by atoms with E-state index in [0.29, 0.717) is 5.56 Å². The van der Waals surface area contributed by atoms with Crippen LogP contribution in [0.25, 0.3) is 28.0 Å². The largest absolute Gasteiger partial charge is 0.289 e. The number of ketones is 1. The van der Waals surface area contributed by atoms with Gasteiger partial charge in [0.05, 0.1) is 4.92 Å². The fourth-order valence-corrected chi connectivity index (χ4v) is 3.07. The first-order valence-corrected chi connectivity index (χ1v) is 7.18. The average Bonchev–Trinajstić information content (AvgIpc) is 2.58. The number of nitro benzene ring substituents is 1. The third-order valence-corrected chi connectivity index (χ3v) is 4.12.